The van der Waals surface area contributed by atoms with Crippen LogP contribution in [0.25, 0.3) is 0 Å². The van der Waals surface area contributed by atoms with Gasteiger partial charge in [0.15, 0.2) is 16.6 Å². The van der Waals surface area contributed by atoms with E-state index in [1.807, 2.05) is 26.2 Å². The zero-order valence-electron chi connectivity index (χ0n) is 17.3. The molecule has 0 fully saturated rings. The topological polar surface area (TPSA) is 64.6 Å². The Balaban J connectivity index is 5.31. The second-order valence-corrected chi connectivity index (χ2v) is 21.3. The van der Waals surface area contributed by atoms with Gasteiger partial charge in [0, 0.05) is 27.3 Å². The predicted molar refractivity (Wildman–Crippen MR) is 107 cm³/mol. The van der Waals surface area contributed by atoms with Gasteiger partial charge in [0.05, 0.1) is 26.4 Å². The zero-order chi connectivity index (χ0) is 19.8. The highest BCUT2D eigenvalue weighted by molar-refractivity contribution is 6.86. The van der Waals surface area contributed by atoms with Gasteiger partial charge in [-0.3, -0.25) is 0 Å². The molecule has 0 rings (SSSR count). The summed E-state index contributed by atoms with van der Waals surface area (Å²) in [5.41, 5.74) is 0. The lowest BCUT2D eigenvalue weighted by atomic mass is 10.8. The lowest BCUT2D eigenvalue weighted by molar-refractivity contribution is 0.0644. The Morgan fingerprint density at radius 2 is 1.00 bits per heavy atom. The summed E-state index contributed by atoms with van der Waals surface area (Å²) in [6, 6.07) is 0. The van der Waals surface area contributed by atoms with Crippen molar-refractivity contribution in [2.75, 3.05) is 40.6 Å². The minimum Gasteiger partial charge on any atom is -0.416 e. The van der Waals surface area contributed by atoms with Gasteiger partial charge in [-0.2, -0.15) is 0 Å². The summed E-state index contributed by atoms with van der Waals surface area (Å²) in [6.45, 7) is 21.6. The molecule has 11 heteroatoms. The Kier molecular flexibility index (Phi) is 11.1. The van der Waals surface area contributed by atoms with Crippen molar-refractivity contribution in [1.82, 2.24) is 0 Å². The molecule has 0 bridgehead atoms. The van der Waals surface area contributed by atoms with E-state index in [-0.39, 0.29) is 0 Å². The highest BCUT2D eigenvalue weighted by Crippen LogP contribution is 2.25. The number of methoxy groups -OCH3 is 2. The number of hydrogen-bond donors (Lipinski definition) is 0. The van der Waals surface area contributed by atoms with Gasteiger partial charge in [0.2, 0.25) is 0 Å². The monoisotopic (exact) mass is 428 g/mol. The maximum absolute atomic E-state index is 6.34. The van der Waals surface area contributed by atoms with Crippen LogP contribution in [-0.2, 0) is 30.7 Å². The van der Waals surface area contributed by atoms with Crippen LogP contribution in [0.3, 0.4) is 0 Å². The standard InChI is InChI=1S/C14H36O7Si4/c1-15-11-13-17-24(9,19-22(3,4)5)21-25(10,18-14-12-16-2)20-23(6,7)8/h3H,11-14H2,1-2,4-10H3. The van der Waals surface area contributed by atoms with E-state index < -0.39 is 34.2 Å². The van der Waals surface area contributed by atoms with Gasteiger partial charge in [-0.25, -0.2) is 0 Å². The molecule has 0 saturated carbocycles. The second-order valence-electron chi connectivity index (χ2n) is 7.43. The fourth-order valence-electron chi connectivity index (χ4n) is 2.15. The number of hydrogen-bond acceptors (Lipinski definition) is 7. The van der Waals surface area contributed by atoms with Crippen LogP contribution in [0, 0.1) is 6.55 Å². The average Bonchev–Trinajstić information content (AvgIpc) is 2.33. The average molecular weight is 429 g/mol. The number of rotatable bonds is 14. The molecule has 0 aromatic rings. The first-order valence-electron chi connectivity index (χ1n) is 8.39. The molecular formula is C14H36O7Si4. The number of ether oxygens (including phenoxy) is 2. The van der Waals surface area contributed by atoms with Crippen LogP contribution < -0.4 is 0 Å². The quantitative estimate of drug-likeness (QED) is 0.311. The fourth-order valence-corrected chi connectivity index (χ4v) is 16.1. The first-order valence-corrected chi connectivity index (χ1v) is 19.2. The molecule has 0 saturated heterocycles. The van der Waals surface area contributed by atoms with E-state index in [4.69, 9.17) is 37.2 Å². The third-order valence-electron chi connectivity index (χ3n) is 2.61. The predicted octanol–water partition coefficient (Wildman–Crippen LogP) is 2.79. The van der Waals surface area contributed by atoms with Crippen molar-refractivity contribution in [3.8, 4) is 0 Å². The molecule has 0 N–H and O–H groups in total. The van der Waals surface area contributed by atoms with Crippen molar-refractivity contribution in [2.24, 2.45) is 0 Å². The van der Waals surface area contributed by atoms with Crippen LogP contribution >= 0.6 is 0 Å². The molecule has 0 amide bonds. The van der Waals surface area contributed by atoms with Crippen LogP contribution in [0.2, 0.25) is 45.8 Å². The molecule has 0 aliphatic heterocycles. The van der Waals surface area contributed by atoms with Gasteiger partial charge in [0.1, 0.15) is 0 Å². The lowest BCUT2D eigenvalue weighted by Crippen LogP contribution is -2.61. The maximum Gasteiger partial charge on any atom is 0.479 e. The van der Waals surface area contributed by atoms with Crippen LogP contribution in [0.15, 0.2) is 0 Å². The van der Waals surface area contributed by atoms with Crippen molar-refractivity contribution >= 4 is 34.2 Å². The van der Waals surface area contributed by atoms with Crippen molar-refractivity contribution in [1.29, 1.82) is 0 Å². The van der Waals surface area contributed by atoms with Crippen LogP contribution in [0.4, 0.5) is 0 Å². The Bertz CT molecular complexity index is 341. The SMILES string of the molecule is [CH][Si](C)(C)O[Si](C)(OCCOC)O[Si](C)(OCCOC)O[Si](C)(C)C. The van der Waals surface area contributed by atoms with Crippen LogP contribution in [-0.4, -0.2) is 74.9 Å². The second kappa shape index (κ2) is 10.8. The van der Waals surface area contributed by atoms with E-state index in [9.17, 15) is 0 Å². The summed E-state index contributed by atoms with van der Waals surface area (Å²) < 4.78 is 40.8. The minimum absolute atomic E-state index is 0.360. The van der Waals surface area contributed by atoms with Gasteiger partial charge >= 0.3 is 17.6 Å². The van der Waals surface area contributed by atoms with Crippen molar-refractivity contribution in [2.45, 2.75) is 45.8 Å². The van der Waals surface area contributed by atoms with Crippen molar-refractivity contribution in [3.05, 3.63) is 6.55 Å². The highest BCUT2D eigenvalue weighted by Gasteiger charge is 2.51. The van der Waals surface area contributed by atoms with E-state index in [1.165, 1.54) is 0 Å². The largest absolute Gasteiger partial charge is 0.479 e. The smallest absolute Gasteiger partial charge is 0.416 e. The molecule has 2 radical (unpaired) electrons. The van der Waals surface area contributed by atoms with Crippen LogP contribution in [0.5, 0.6) is 0 Å². The van der Waals surface area contributed by atoms with Gasteiger partial charge in [-0.05, 0) is 39.3 Å². The molecule has 25 heavy (non-hydrogen) atoms. The first kappa shape index (κ1) is 25.6. The Morgan fingerprint density at radius 1 is 0.600 bits per heavy atom. The molecule has 7 nitrogen and oxygen atoms in total. The normalized spacial score (nSPS) is 18.0. The Labute approximate surface area is 158 Å². The van der Waals surface area contributed by atoms with Crippen LogP contribution in [0.1, 0.15) is 0 Å². The molecular weight excluding hydrogens is 392 g/mol. The molecule has 2 unspecified atom stereocenters. The summed E-state index contributed by atoms with van der Waals surface area (Å²) in [5, 5.41) is 0. The fraction of sp³-hybridized carbons (Fsp3) is 0.929. The summed E-state index contributed by atoms with van der Waals surface area (Å²) in [6.07, 6.45) is 0. The molecule has 0 aliphatic carbocycles. The molecule has 2 atom stereocenters. The van der Waals surface area contributed by atoms with Crippen molar-refractivity contribution < 1.29 is 30.7 Å². The van der Waals surface area contributed by atoms with Gasteiger partial charge in [-0.1, -0.05) is 0 Å². The lowest BCUT2D eigenvalue weighted by Gasteiger charge is -2.40. The zero-order valence-corrected chi connectivity index (χ0v) is 21.3. The Hall–Kier alpha value is 0.588. The molecule has 0 spiro atoms. The van der Waals surface area contributed by atoms with E-state index in [2.05, 4.69) is 19.6 Å². The van der Waals surface area contributed by atoms with E-state index in [0.29, 0.717) is 26.4 Å². The van der Waals surface area contributed by atoms with Gasteiger partial charge in [-0.15, -0.1) is 0 Å². The maximum atomic E-state index is 6.34. The summed E-state index contributed by atoms with van der Waals surface area (Å²) in [7, 11) is -7.11. The summed E-state index contributed by atoms with van der Waals surface area (Å²) in [4.78, 5) is 0. The summed E-state index contributed by atoms with van der Waals surface area (Å²) in [5.74, 6) is 0. The molecule has 0 aliphatic rings. The molecule has 150 valence electrons. The Morgan fingerprint density at radius 3 is 1.32 bits per heavy atom. The van der Waals surface area contributed by atoms with Crippen molar-refractivity contribution in [3.63, 3.8) is 0 Å². The van der Waals surface area contributed by atoms with E-state index in [0.717, 1.165) is 0 Å². The van der Waals surface area contributed by atoms with Gasteiger partial charge in [0.25, 0.3) is 0 Å². The highest BCUT2D eigenvalue weighted by atomic mass is 28.5. The minimum atomic E-state index is -3.07. The third kappa shape index (κ3) is 13.4. The first-order chi connectivity index (χ1) is 11.2. The molecule has 0 aromatic heterocycles. The van der Waals surface area contributed by atoms with E-state index in [1.54, 1.807) is 14.2 Å². The molecule has 0 heterocycles. The third-order valence-corrected chi connectivity index (χ3v) is 14.6. The molecule has 0 aromatic carbocycles. The summed E-state index contributed by atoms with van der Waals surface area (Å²) >= 11 is 0. The van der Waals surface area contributed by atoms with Gasteiger partial charge < -0.3 is 30.7 Å². The van der Waals surface area contributed by atoms with E-state index >= 15 is 0 Å².